The summed E-state index contributed by atoms with van der Waals surface area (Å²) in [4.78, 5) is 40.3. The van der Waals surface area contributed by atoms with Crippen LogP contribution in [0.15, 0.2) is 66.7 Å². The number of aryl methyl sites for hydroxylation is 1. The average Bonchev–Trinajstić information content (AvgIpc) is 2.95. The van der Waals surface area contributed by atoms with Crippen molar-refractivity contribution in [2.75, 3.05) is 19.1 Å². The Labute approximate surface area is 241 Å². The van der Waals surface area contributed by atoms with Gasteiger partial charge < -0.3 is 29.5 Å². The minimum absolute atomic E-state index is 0.0846. The highest BCUT2D eigenvalue weighted by Gasteiger charge is 2.34. The molecule has 1 amide bonds. The zero-order valence-corrected chi connectivity index (χ0v) is 24.4. The molecule has 41 heavy (non-hydrogen) atoms. The predicted molar refractivity (Wildman–Crippen MR) is 157 cm³/mol. The Morgan fingerprint density at radius 1 is 0.927 bits per heavy atom. The van der Waals surface area contributed by atoms with Crippen molar-refractivity contribution in [3.63, 3.8) is 0 Å². The number of carbonyl (C=O) groups excluding carboxylic acids is 2. The van der Waals surface area contributed by atoms with Gasteiger partial charge in [-0.2, -0.15) is 0 Å². The number of ketones is 1. The first-order valence-corrected chi connectivity index (χ1v) is 13.3. The molecule has 0 bridgehead atoms. The van der Waals surface area contributed by atoms with E-state index in [4.69, 9.17) is 14.2 Å². The van der Waals surface area contributed by atoms with Crippen molar-refractivity contribution in [1.82, 2.24) is 5.32 Å². The van der Waals surface area contributed by atoms with Crippen LogP contribution in [0, 0.1) is 0 Å². The molecule has 3 aromatic carbocycles. The second kappa shape index (κ2) is 13.7. The largest absolute Gasteiger partial charge is 0.497 e. The number of nitrogens with one attached hydrogen (secondary N) is 1. The van der Waals surface area contributed by atoms with Crippen molar-refractivity contribution in [2.24, 2.45) is 0 Å². The summed E-state index contributed by atoms with van der Waals surface area (Å²) in [5.74, 6) is -0.790. The molecule has 0 heterocycles. The molecule has 0 aliphatic carbocycles. The van der Waals surface area contributed by atoms with Gasteiger partial charge in [0.2, 0.25) is 0 Å². The molecule has 9 nitrogen and oxygen atoms in total. The Morgan fingerprint density at radius 3 is 2.22 bits per heavy atom. The first kappa shape index (κ1) is 31.0. The summed E-state index contributed by atoms with van der Waals surface area (Å²) in [6.45, 7) is 7.52. The number of Topliss-reactive ketones (excluding diaryl/α,β-unsaturated/α-hetero) is 1. The van der Waals surface area contributed by atoms with Gasteiger partial charge >= 0.3 is 12.1 Å². The number of benzene rings is 3. The van der Waals surface area contributed by atoms with E-state index in [1.54, 1.807) is 75.2 Å². The molecule has 0 aliphatic heterocycles. The van der Waals surface area contributed by atoms with E-state index < -0.39 is 29.5 Å². The van der Waals surface area contributed by atoms with E-state index in [0.717, 1.165) is 12.0 Å². The fraction of sp³-hybridized carbons (Fsp3) is 0.344. The quantitative estimate of drug-likeness (QED) is 0.216. The van der Waals surface area contributed by atoms with E-state index in [1.165, 1.54) is 7.11 Å². The number of hydrogen-bond acceptors (Lipinski definition) is 7. The van der Waals surface area contributed by atoms with Gasteiger partial charge in [0, 0.05) is 36.0 Å². The maximum atomic E-state index is 13.9. The highest BCUT2D eigenvalue weighted by Crippen LogP contribution is 2.30. The second-order valence-corrected chi connectivity index (χ2v) is 10.5. The average molecular weight is 563 g/mol. The molecule has 0 unspecified atom stereocenters. The molecule has 3 aromatic rings. The SMILES string of the molecule is CCc1ccc(N(Cc2ccc(OC)cc2OC)[C@H](C(=O)O)C(=O)c2cccc(CNC(=O)OC(C)(C)C)c2)cc1. The summed E-state index contributed by atoms with van der Waals surface area (Å²) in [6, 6.07) is 17.8. The van der Waals surface area contributed by atoms with Crippen molar-refractivity contribution in [2.45, 2.75) is 58.8 Å². The van der Waals surface area contributed by atoms with E-state index in [2.05, 4.69) is 5.32 Å². The number of carboxylic acids is 1. The minimum atomic E-state index is -1.54. The Bertz CT molecular complexity index is 1360. The highest BCUT2D eigenvalue weighted by molar-refractivity contribution is 6.14. The van der Waals surface area contributed by atoms with Gasteiger partial charge in [0.1, 0.15) is 17.1 Å². The first-order chi connectivity index (χ1) is 19.4. The Morgan fingerprint density at radius 2 is 1.63 bits per heavy atom. The molecule has 0 fully saturated rings. The van der Waals surface area contributed by atoms with Crippen LogP contribution in [0.25, 0.3) is 0 Å². The number of methoxy groups -OCH3 is 2. The molecule has 0 saturated carbocycles. The summed E-state index contributed by atoms with van der Waals surface area (Å²) in [5.41, 5.74) is 2.52. The van der Waals surface area contributed by atoms with Crippen molar-refractivity contribution >= 4 is 23.5 Å². The molecule has 0 spiro atoms. The van der Waals surface area contributed by atoms with Gasteiger partial charge in [0.05, 0.1) is 14.2 Å². The summed E-state index contributed by atoms with van der Waals surface area (Å²) in [6.07, 6.45) is 0.227. The third-order valence-corrected chi connectivity index (χ3v) is 6.35. The van der Waals surface area contributed by atoms with Crippen LogP contribution in [-0.2, 0) is 29.0 Å². The van der Waals surface area contributed by atoms with E-state index >= 15 is 0 Å². The topological polar surface area (TPSA) is 114 Å². The van der Waals surface area contributed by atoms with Crippen LogP contribution in [-0.4, -0.2) is 48.8 Å². The lowest BCUT2D eigenvalue weighted by atomic mass is 9.99. The van der Waals surface area contributed by atoms with E-state index in [0.29, 0.717) is 28.3 Å². The number of amides is 1. The number of anilines is 1. The standard InChI is InChI=1S/C32H38N2O7/c1-7-21-11-14-25(15-12-21)34(20-24-13-16-26(39-5)18-27(24)40-6)28(30(36)37)29(35)23-10-8-9-22(17-23)19-33-31(38)41-32(2,3)4/h8-18,28H,7,19-20H2,1-6H3,(H,33,38)(H,36,37)/t28-/m0/s1. The number of rotatable bonds is 12. The zero-order valence-electron chi connectivity index (χ0n) is 24.4. The van der Waals surface area contributed by atoms with Gasteiger partial charge in [-0.05, 0) is 68.7 Å². The summed E-state index contributed by atoms with van der Waals surface area (Å²) < 4.78 is 16.1. The number of nitrogens with zero attached hydrogens (tertiary/aromatic N) is 1. The fourth-order valence-corrected chi connectivity index (χ4v) is 4.29. The molecule has 2 N–H and O–H groups in total. The van der Waals surface area contributed by atoms with Crippen LogP contribution in [0.2, 0.25) is 0 Å². The van der Waals surface area contributed by atoms with Crippen LogP contribution in [0.4, 0.5) is 10.5 Å². The van der Waals surface area contributed by atoms with E-state index in [-0.39, 0.29) is 18.7 Å². The number of carbonyl (C=O) groups is 3. The molecule has 1 atom stereocenters. The van der Waals surface area contributed by atoms with Gasteiger partial charge in [-0.1, -0.05) is 37.3 Å². The maximum absolute atomic E-state index is 13.9. The number of alkyl carbamates (subject to hydrolysis) is 1. The van der Waals surface area contributed by atoms with Crippen molar-refractivity contribution < 1.29 is 33.7 Å². The Kier molecular flexibility index (Phi) is 10.4. The zero-order chi connectivity index (χ0) is 30.2. The van der Waals surface area contributed by atoms with Crippen molar-refractivity contribution in [1.29, 1.82) is 0 Å². The van der Waals surface area contributed by atoms with Crippen molar-refractivity contribution in [3.05, 3.63) is 89.0 Å². The molecule has 0 aliphatic rings. The van der Waals surface area contributed by atoms with Crippen LogP contribution < -0.4 is 19.7 Å². The molecule has 3 rings (SSSR count). The first-order valence-electron chi connectivity index (χ1n) is 13.3. The summed E-state index contributed by atoms with van der Waals surface area (Å²) in [7, 11) is 3.07. The van der Waals surface area contributed by atoms with E-state index in [1.807, 2.05) is 31.2 Å². The normalized spacial score (nSPS) is 11.8. The van der Waals surface area contributed by atoms with Gasteiger partial charge in [0.25, 0.3) is 0 Å². The molecule has 9 heteroatoms. The molecule has 218 valence electrons. The molecular formula is C32H38N2O7. The highest BCUT2D eigenvalue weighted by atomic mass is 16.6. The number of aliphatic carboxylic acids is 1. The van der Waals surface area contributed by atoms with Crippen LogP contribution in [0.5, 0.6) is 11.5 Å². The maximum Gasteiger partial charge on any atom is 0.407 e. The lowest BCUT2D eigenvalue weighted by Crippen LogP contribution is -2.47. The van der Waals surface area contributed by atoms with Gasteiger partial charge in [-0.15, -0.1) is 0 Å². The van der Waals surface area contributed by atoms with E-state index in [9.17, 15) is 19.5 Å². The number of hydrogen-bond donors (Lipinski definition) is 2. The monoisotopic (exact) mass is 562 g/mol. The summed E-state index contributed by atoms with van der Waals surface area (Å²) >= 11 is 0. The predicted octanol–water partition coefficient (Wildman–Crippen LogP) is 5.63. The molecular weight excluding hydrogens is 524 g/mol. The molecule has 0 aromatic heterocycles. The minimum Gasteiger partial charge on any atom is -0.497 e. The lowest BCUT2D eigenvalue weighted by Gasteiger charge is -2.31. The Hall–Kier alpha value is -4.53. The number of carboxylic acid groups (broad SMARTS) is 1. The second-order valence-electron chi connectivity index (χ2n) is 10.5. The number of ether oxygens (including phenoxy) is 3. The van der Waals surface area contributed by atoms with Crippen molar-refractivity contribution in [3.8, 4) is 11.5 Å². The third-order valence-electron chi connectivity index (χ3n) is 6.35. The smallest absolute Gasteiger partial charge is 0.407 e. The lowest BCUT2D eigenvalue weighted by molar-refractivity contribution is -0.137. The van der Waals surface area contributed by atoms with Gasteiger partial charge in [-0.3, -0.25) is 4.79 Å². The van der Waals surface area contributed by atoms with Gasteiger partial charge in [-0.25, -0.2) is 9.59 Å². The van der Waals surface area contributed by atoms with Gasteiger partial charge in [0.15, 0.2) is 11.8 Å². The summed E-state index contributed by atoms with van der Waals surface area (Å²) in [5, 5.41) is 13.1. The fourth-order valence-electron chi connectivity index (χ4n) is 4.29. The molecule has 0 radical (unpaired) electrons. The molecule has 0 saturated heterocycles. The van der Waals surface area contributed by atoms with Crippen LogP contribution >= 0.6 is 0 Å². The van der Waals surface area contributed by atoms with Crippen LogP contribution in [0.3, 0.4) is 0 Å². The van der Waals surface area contributed by atoms with Crippen LogP contribution in [0.1, 0.15) is 54.7 Å². The Balaban J connectivity index is 1.97. The third kappa shape index (κ3) is 8.48.